The Morgan fingerprint density at radius 2 is 1.95 bits per heavy atom. The Bertz CT molecular complexity index is 231. The molecule has 0 spiro atoms. The Morgan fingerprint density at radius 3 is 2.53 bits per heavy atom. The second kappa shape index (κ2) is 8.93. The molecule has 1 rings (SSSR count). The van der Waals surface area contributed by atoms with Gasteiger partial charge in [0.2, 0.25) is 0 Å². The van der Waals surface area contributed by atoms with Crippen molar-refractivity contribution < 1.29 is 5.11 Å². The lowest BCUT2D eigenvalue weighted by Crippen LogP contribution is -2.51. The zero-order valence-corrected chi connectivity index (χ0v) is 13.4. The van der Waals surface area contributed by atoms with Crippen molar-refractivity contribution >= 4 is 0 Å². The van der Waals surface area contributed by atoms with E-state index in [2.05, 4.69) is 37.9 Å². The van der Waals surface area contributed by atoms with Gasteiger partial charge in [-0.2, -0.15) is 0 Å². The lowest BCUT2D eigenvalue weighted by Gasteiger charge is -2.40. The van der Waals surface area contributed by atoms with E-state index >= 15 is 0 Å². The first-order valence-corrected chi connectivity index (χ1v) is 8.11. The number of likely N-dealkylation sites (tertiary alicyclic amines) is 1. The first kappa shape index (κ1) is 16.9. The van der Waals surface area contributed by atoms with E-state index < -0.39 is 0 Å². The van der Waals surface area contributed by atoms with Crippen molar-refractivity contribution in [1.82, 2.24) is 10.2 Å². The Balaban J connectivity index is 2.40. The maximum absolute atomic E-state index is 9.01. The van der Waals surface area contributed by atoms with Gasteiger partial charge in [0, 0.05) is 31.8 Å². The molecule has 2 N–H and O–H groups in total. The van der Waals surface area contributed by atoms with Gasteiger partial charge in [0.1, 0.15) is 0 Å². The molecule has 2 atom stereocenters. The van der Waals surface area contributed by atoms with Crippen molar-refractivity contribution in [3.05, 3.63) is 0 Å². The number of hydrogen-bond acceptors (Lipinski definition) is 3. The van der Waals surface area contributed by atoms with Gasteiger partial charge >= 0.3 is 0 Å². The van der Waals surface area contributed by atoms with Crippen LogP contribution in [0.5, 0.6) is 0 Å². The van der Waals surface area contributed by atoms with Crippen molar-refractivity contribution in [3.8, 4) is 0 Å². The highest BCUT2D eigenvalue weighted by Gasteiger charge is 2.27. The molecule has 114 valence electrons. The molecule has 3 heteroatoms. The molecule has 2 unspecified atom stereocenters. The van der Waals surface area contributed by atoms with Gasteiger partial charge in [0.05, 0.1) is 0 Å². The molecular formula is C16H34N2O. The summed E-state index contributed by atoms with van der Waals surface area (Å²) in [6, 6.07) is 1.27. The molecule has 0 aliphatic carbocycles. The topological polar surface area (TPSA) is 35.5 Å². The fourth-order valence-electron chi connectivity index (χ4n) is 2.98. The van der Waals surface area contributed by atoms with E-state index in [0.717, 1.165) is 24.8 Å². The quantitative estimate of drug-likeness (QED) is 0.711. The van der Waals surface area contributed by atoms with E-state index in [0.29, 0.717) is 18.7 Å². The summed E-state index contributed by atoms with van der Waals surface area (Å²) in [5, 5.41) is 12.8. The van der Waals surface area contributed by atoms with E-state index in [9.17, 15) is 0 Å². The van der Waals surface area contributed by atoms with Gasteiger partial charge in [-0.15, -0.1) is 0 Å². The molecule has 1 saturated heterocycles. The Kier molecular flexibility index (Phi) is 7.96. The molecule has 1 heterocycles. The minimum atomic E-state index is 0.337. The number of nitrogens with zero attached hydrogens (tertiary/aromatic N) is 1. The summed E-state index contributed by atoms with van der Waals surface area (Å²) in [5.41, 5.74) is 0. The summed E-state index contributed by atoms with van der Waals surface area (Å²) in [6.07, 6.45) is 4.66. The van der Waals surface area contributed by atoms with Crippen molar-refractivity contribution in [1.29, 1.82) is 0 Å². The average molecular weight is 270 g/mol. The average Bonchev–Trinajstić information content (AvgIpc) is 2.35. The fourth-order valence-corrected chi connectivity index (χ4v) is 2.98. The van der Waals surface area contributed by atoms with E-state index in [1.54, 1.807) is 0 Å². The van der Waals surface area contributed by atoms with Crippen LogP contribution in [0, 0.1) is 11.8 Å². The lowest BCUT2D eigenvalue weighted by molar-refractivity contribution is 0.103. The maximum atomic E-state index is 9.01. The van der Waals surface area contributed by atoms with Crippen LogP contribution in [0.4, 0.5) is 0 Å². The molecule has 1 aliphatic rings. The van der Waals surface area contributed by atoms with E-state index in [1.807, 2.05) is 0 Å². The monoisotopic (exact) mass is 270 g/mol. The molecule has 0 radical (unpaired) electrons. The second-order valence-corrected chi connectivity index (χ2v) is 6.85. The zero-order chi connectivity index (χ0) is 14.3. The molecule has 0 aromatic rings. The van der Waals surface area contributed by atoms with E-state index in [4.69, 9.17) is 5.11 Å². The van der Waals surface area contributed by atoms with Gasteiger partial charge in [0.25, 0.3) is 0 Å². The third-order valence-corrected chi connectivity index (χ3v) is 4.22. The second-order valence-electron chi connectivity index (χ2n) is 6.85. The van der Waals surface area contributed by atoms with Crippen LogP contribution in [0.25, 0.3) is 0 Å². The molecular weight excluding hydrogens is 236 g/mol. The van der Waals surface area contributed by atoms with Gasteiger partial charge in [-0.25, -0.2) is 0 Å². The maximum Gasteiger partial charge on any atom is 0.0431 e. The van der Waals surface area contributed by atoms with Gasteiger partial charge in [-0.05, 0) is 57.9 Å². The van der Waals surface area contributed by atoms with Gasteiger partial charge in [-0.1, -0.05) is 13.8 Å². The number of rotatable bonds is 8. The first-order chi connectivity index (χ1) is 9.02. The Labute approximate surface area is 119 Å². The summed E-state index contributed by atoms with van der Waals surface area (Å²) >= 11 is 0. The smallest absolute Gasteiger partial charge is 0.0431 e. The highest BCUT2D eigenvalue weighted by molar-refractivity contribution is 4.85. The largest absolute Gasteiger partial charge is 0.396 e. The van der Waals surface area contributed by atoms with Crippen LogP contribution in [-0.2, 0) is 0 Å². The van der Waals surface area contributed by atoms with Crippen molar-refractivity contribution in [2.75, 3.05) is 26.2 Å². The predicted molar refractivity (Wildman–Crippen MR) is 82.4 cm³/mol. The van der Waals surface area contributed by atoms with Crippen molar-refractivity contribution in [2.45, 2.75) is 65.5 Å². The van der Waals surface area contributed by atoms with Crippen LogP contribution in [-0.4, -0.2) is 48.3 Å². The van der Waals surface area contributed by atoms with E-state index in [1.165, 1.54) is 32.4 Å². The zero-order valence-electron chi connectivity index (χ0n) is 13.4. The van der Waals surface area contributed by atoms with Crippen molar-refractivity contribution in [2.24, 2.45) is 11.8 Å². The molecule has 3 nitrogen and oxygen atoms in total. The van der Waals surface area contributed by atoms with Crippen LogP contribution >= 0.6 is 0 Å². The number of hydrogen-bond donors (Lipinski definition) is 2. The fraction of sp³-hybridized carbons (Fsp3) is 1.00. The molecule has 0 aromatic carbocycles. The number of nitrogens with one attached hydrogen (secondary N) is 1. The third-order valence-electron chi connectivity index (χ3n) is 4.22. The molecule has 1 aliphatic heterocycles. The third kappa shape index (κ3) is 6.73. The summed E-state index contributed by atoms with van der Waals surface area (Å²) in [5.74, 6) is 1.53. The first-order valence-electron chi connectivity index (χ1n) is 8.11. The number of aliphatic hydroxyl groups is 1. The number of piperidine rings is 1. The molecule has 0 bridgehead atoms. The Morgan fingerprint density at radius 1 is 1.21 bits per heavy atom. The predicted octanol–water partition coefficient (Wildman–Crippen LogP) is 2.49. The van der Waals surface area contributed by atoms with Crippen LogP contribution < -0.4 is 5.32 Å². The SMILES string of the molecule is CC(C)CCNC1CC(CCCO)CN(C(C)C)C1. The van der Waals surface area contributed by atoms with Crippen molar-refractivity contribution in [3.63, 3.8) is 0 Å². The molecule has 0 amide bonds. The van der Waals surface area contributed by atoms with Crippen LogP contribution in [0.3, 0.4) is 0 Å². The van der Waals surface area contributed by atoms with Gasteiger partial charge < -0.3 is 10.4 Å². The molecule has 19 heavy (non-hydrogen) atoms. The minimum absolute atomic E-state index is 0.337. The van der Waals surface area contributed by atoms with Crippen LogP contribution in [0.1, 0.15) is 53.4 Å². The standard InChI is InChI=1S/C16H34N2O/c1-13(2)7-8-17-16-10-15(6-5-9-19)11-18(12-16)14(3)4/h13-17,19H,5-12H2,1-4H3. The summed E-state index contributed by atoms with van der Waals surface area (Å²) in [6.45, 7) is 13.0. The highest BCUT2D eigenvalue weighted by atomic mass is 16.2. The minimum Gasteiger partial charge on any atom is -0.396 e. The summed E-state index contributed by atoms with van der Waals surface area (Å²) < 4.78 is 0. The molecule has 0 aromatic heterocycles. The normalized spacial score (nSPS) is 25.4. The van der Waals surface area contributed by atoms with Gasteiger partial charge in [0.15, 0.2) is 0 Å². The van der Waals surface area contributed by atoms with Crippen LogP contribution in [0.15, 0.2) is 0 Å². The summed E-state index contributed by atoms with van der Waals surface area (Å²) in [7, 11) is 0. The number of aliphatic hydroxyl groups excluding tert-OH is 1. The van der Waals surface area contributed by atoms with Crippen LogP contribution in [0.2, 0.25) is 0 Å². The Hall–Kier alpha value is -0.120. The molecule has 1 fully saturated rings. The lowest BCUT2D eigenvalue weighted by atomic mass is 9.89. The van der Waals surface area contributed by atoms with Gasteiger partial charge in [-0.3, -0.25) is 4.90 Å². The summed E-state index contributed by atoms with van der Waals surface area (Å²) in [4.78, 5) is 2.60. The van der Waals surface area contributed by atoms with E-state index in [-0.39, 0.29) is 0 Å². The highest BCUT2D eigenvalue weighted by Crippen LogP contribution is 2.23. The molecule has 0 saturated carbocycles.